The van der Waals surface area contributed by atoms with Gasteiger partial charge in [-0.05, 0) is 25.2 Å². The van der Waals surface area contributed by atoms with E-state index < -0.39 is 5.91 Å². The van der Waals surface area contributed by atoms with Crippen LogP contribution in [0.3, 0.4) is 0 Å². The van der Waals surface area contributed by atoms with Crippen molar-refractivity contribution in [3.05, 3.63) is 30.0 Å². The van der Waals surface area contributed by atoms with Crippen molar-refractivity contribution in [1.29, 1.82) is 0 Å². The van der Waals surface area contributed by atoms with Gasteiger partial charge < -0.3 is 5.73 Å². The molecule has 1 heterocycles. The molecular weight excluding hydrogens is 326 g/mol. The van der Waals surface area contributed by atoms with Gasteiger partial charge in [-0.2, -0.15) is 5.10 Å². The van der Waals surface area contributed by atoms with E-state index in [0.717, 1.165) is 18.4 Å². The number of hydrogen-bond acceptors (Lipinski definition) is 4. The molecule has 6 heteroatoms. The van der Waals surface area contributed by atoms with Crippen molar-refractivity contribution in [2.24, 2.45) is 5.73 Å². The van der Waals surface area contributed by atoms with Gasteiger partial charge in [-0.1, -0.05) is 60.4 Å². The quantitative estimate of drug-likeness (QED) is 0.550. The predicted octanol–water partition coefficient (Wildman–Crippen LogP) is 4.73. The third-order valence-corrected chi connectivity index (χ3v) is 5.26. The lowest BCUT2D eigenvalue weighted by Gasteiger charge is -1.98. The third-order valence-electron chi connectivity index (χ3n) is 3.25. The maximum atomic E-state index is 11.3. The van der Waals surface area contributed by atoms with E-state index in [9.17, 15) is 4.79 Å². The van der Waals surface area contributed by atoms with Crippen LogP contribution >= 0.6 is 21.6 Å². The van der Waals surface area contributed by atoms with Crippen LogP contribution in [0.15, 0.2) is 24.4 Å². The minimum absolute atomic E-state index is 0.422. The number of amides is 1. The number of unbranched alkanes of at least 4 members (excludes halogenated alkanes) is 2. The van der Waals surface area contributed by atoms with E-state index in [0.29, 0.717) is 11.1 Å². The molecule has 0 spiro atoms. The van der Waals surface area contributed by atoms with Gasteiger partial charge in [0.2, 0.25) is 0 Å². The van der Waals surface area contributed by atoms with Crippen molar-refractivity contribution >= 4 is 38.4 Å². The van der Waals surface area contributed by atoms with Crippen molar-refractivity contribution in [2.75, 3.05) is 12.0 Å². The van der Waals surface area contributed by atoms with Crippen molar-refractivity contribution < 1.29 is 4.79 Å². The number of nitrogens with zero attached hydrogens (tertiary/aromatic N) is 2. The van der Waals surface area contributed by atoms with Crippen LogP contribution in [-0.4, -0.2) is 27.7 Å². The van der Waals surface area contributed by atoms with Gasteiger partial charge in [-0.25, -0.2) is 0 Å². The fraction of sp³-hybridized carbons (Fsp3) is 0.529. The number of carbonyl (C=O) groups is 1. The lowest BCUT2D eigenvalue weighted by Crippen LogP contribution is -2.11. The summed E-state index contributed by atoms with van der Waals surface area (Å²) in [5.41, 5.74) is 6.52. The highest BCUT2D eigenvalue weighted by molar-refractivity contribution is 8.76. The highest BCUT2D eigenvalue weighted by Crippen LogP contribution is 2.17. The fourth-order valence-corrected chi connectivity index (χ4v) is 3.43. The predicted molar refractivity (Wildman–Crippen MR) is 104 cm³/mol. The zero-order valence-corrected chi connectivity index (χ0v) is 15.9. The zero-order chi connectivity index (χ0) is 17.1. The molecule has 2 rings (SSSR count). The first kappa shape index (κ1) is 19.9. The first-order valence-electron chi connectivity index (χ1n) is 8.05. The molecular formula is C17H27N3OS2. The Morgan fingerprint density at radius 3 is 2.61 bits per heavy atom. The molecule has 2 N–H and O–H groups in total. The summed E-state index contributed by atoms with van der Waals surface area (Å²) in [5, 5.41) is 5.39. The standard InChI is InChI=1S/C13H17N3O.C4H10S2/c1-2-3-4-8-16-9-10-6-5-7-11(13(14)17)12(10)15-16;1-3-4-6-5-2/h5-7,9H,2-4,8H2,1H3,(H2,14,17);3-4H2,1-2H3. The lowest BCUT2D eigenvalue weighted by molar-refractivity contribution is 0.100. The number of nitrogens with two attached hydrogens (primary N) is 1. The van der Waals surface area contributed by atoms with Gasteiger partial charge in [0, 0.05) is 23.9 Å². The first-order valence-corrected chi connectivity index (χ1v) is 10.8. The maximum absolute atomic E-state index is 11.3. The minimum Gasteiger partial charge on any atom is -0.366 e. The van der Waals surface area contributed by atoms with Crippen LogP contribution in [0.25, 0.3) is 10.9 Å². The summed E-state index contributed by atoms with van der Waals surface area (Å²) in [6.45, 7) is 5.26. The molecule has 0 fully saturated rings. The summed E-state index contributed by atoms with van der Waals surface area (Å²) < 4.78 is 1.90. The molecule has 1 aromatic carbocycles. The van der Waals surface area contributed by atoms with E-state index >= 15 is 0 Å². The number of aromatic nitrogens is 2. The molecule has 0 saturated carbocycles. The van der Waals surface area contributed by atoms with Gasteiger partial charge in [0.1, 0.15) is 5.52 Å². The molecule has 0 atom stereocenters. The van der Waals surface area contributed by atoms with Crippen molar-refractivity contribution in [2.45, 2.75) is 46.1 Å². The van der Waals surface area contributed by atoms with Crippen LogP contribution in [-0.2, 0) is 6.54 Å². The highest BCUT2D eigenvalue weighted by Gasteiger charge is 2.09. The van der Waals surface area contributed by atoms with Gasteiger partial charge in [-0.15, -0.1) is 0 Å². The second-order valence-electron chi connectivity index (χ2n) is 5.20. The SMILES string of the molecule is CCCCCn1cc2cccc(C(N)=O)c2n1.CCCSSC. The zero-order valence-electron chi connectivity index (χ0n) is 14.2. The molecule has 4 nitrogen and oxygen atoms in total. The van der Waals surface area contributed by atoms with Gasteiger partial charge in [-0.3, -0.25) is 9.48 Å². The molecule has 0 aliphatic carbocycles. The van der Waals surface area contributed by atoms with Crippen molar-refractivity contribution in [3.63, 3.8) is 0 Å². The van der Waals surface area contributed by atoms with Crippen molar-refractivity contribution in [3.8, 4) is 0 Å². The topological polar surface area (TPSA) is 60.9 Å². The van der Waals surface area contributed by atoms with Crippen LogP contribution in [0.5, 0.6) is 0 Å². The molecule has 23 heavy (non-hydrogen) atoms. The smallest absolute Gasteiger partial charge is 0.250 e. The third kappa shape index (κ3) is 6.87. The van der Waals surface area contributed by atoms with Crippen LogP contribution in [0.4, 0.5) is 0 Å². The van der Waals surface area contributed by atoms with E-state index in [1.807, 2.05) is 44.6 Å². The molecule has 0 radical (unpaired) electrons. The summed E-state index contributed by atoms with van der Waals surface area (Å²) >= 11 is 0. The monoisotopic (exact) mass is 353 g/mol. The highest BCUT2D eigenvalue weighted by atomic mass is 33.1. The molecule has 1 aromatic heterocycles. The second-order valence-corrected chi connectivity index (χ2v) is 7.88. The number of aryl methyl sites for hydroxylation is 1. The number of fused-ring (bicyclic) bond motifs is 1. The number of hydrogen-bond donors (Lipinski definition) is 1. The Balaban J connectivity index is 0.000000379. The Morgan fingerprint density at radius 2 is 2.04 bits per heavy atom. The minimum atomic E-state index is -0.422. The Labute approximate surface area is 147 Å². The second kappa shape index (κ2) is 11.4. The van der Waals surface area contributed by atoms with Gasteiger partial charge in [0.15, 0.2) is 0 Å². The molecule has 1 amide bonds. The van der Waals surface area contributed by atoms with E-state index in [1.54, 1.807) is 6.07 Å². The van der Waals surface area contributed by atoms with Crippen LogP contribution in [0, 0.1) is 0 Å². The van der Waals surface area contributed by atoms with Crippen LogP contribution < -0.4 is 5.73 Å². The molecule has 0 saturated heterocycles. The fourth-order valence-electron chi connectivity index (χ4n) is 2.10. The summed E-state index contributed by atoms with van der Waals surface area (Å²) in [7, 11) is 3.77. The molecule has 0 bridgehead atoms. The Hall–Kier alpha value is -1.14. The summed E-state index contributed by atoms with van der Waals surface area (Å²) in [6.07, 6.45) is 8.87. The Morgan fingerprint density at radius 1 is 1.26 bits per heavy atom. The first-order chi connectivity index (χ1) is 11.1. The number of rotatable bonds is 8. The largest absolute Gasteiger partial charge is 0.366 e. The molecule has 0 aliphatic rings. The summed E-state index contributed by atoms with van der Waals surface area (Å²) in [5.74, 6) is 0.871. The number of benzene rings is 1. The molecule has 128 valence electrons. The average Bonchev–Trinajstić information content (AvgIpc) is 2.96. The Bertz CT molecular complexity index is 595. The maximum Gasteiger partial charge on any atom is 0.250 e. The van der Waals surface area contributed by atoms with Gasteiger partial charge in [0.05, 0.1) is 5.56 Å². The Kier molecular flexibility index (Phi) is 9.87. The number of primary amides is 1. The van der Waals surface area contributed by atoms with E-state index in [-0.39, 0.29) is 0 Å². The van der Waals surface area contributed by atoms with Gasteiger partial charge >= 0.3 is 0 Å². The molecule has 0 unspecified atom stereocenters. The molecule has 2 aromatic rings. The summed E-state index contributed by atoms with van der Waals surface area (Å²) in [6, 6.07) is 5.50. The normalized spacial score (nSPS) is 10.4. The number of carbonyl (C=O) groups excluding carboxylic acids is 1. The molecule has 0 aliphatic heterocycles. The summed E-state index contributed by atoms with van der Waals surface area (Å²) in [4.78, 5) is 11.3. The van der Waals surface area contributed by atoms with Gasteiger partial charge in [0.25, 0.3) is 5.91 Å². The van der Waals surface area contributed by atoms with Crippen LogP contribution in [0.1, 0.15) is 49.9 Å². The van der Waals surface area contributed by atoms with Crippen LogP contribution in [0.2, 0.25) is 0 Å². The van der Waals surface area contributed by atoms with E-state index in [1.165, 1.54) is 25.0 Å². The van der Waals surface area contributed by atoms with E-state index in [2.05, 4.69) is 25.2 Å². The average molecular weight is 354 g/mol. The van der Waals surface area contributed by atoms with Crippen molar-refractivity contribution in [1.82, 2.24) is 9.78 Å². The van der Waals surface area contributed by atoms with E-state index in [4.69, 9.17) is 5.73 Å². The lowest BCUT2D eigenvalue weighted by atomic mass is 10.1.